The summed E-state index contributed by atoms with van der Waals surface area (Å²) in [6.07, 6.45) is 1.07. The molecule has 4 nitrogen and oxygen atoms in total. The number of carbonyl (C=O) groups excluding carboxylic acids is 1. The number of pyridine rings is 1. The van der Waals surface area contributed by atoms with E-state index in [1.165, 1.54) is 31.4 Å². The van der Waals surface area contributed by atoms with Crippen LogP contribution in [0.3, 0.4) is 0 Å². The molecule has 0 saturated heterocycles. The van der Waals surface area contributed by atoms with Crippen LogP contribution in [0.5, 0.6) is 0 Å². The number of anilines is 1. The number of carbonyl (C=O) groups is 1. The Morgan fingerprint density at radius 1 is 1.30 bits per heavy atom. The number of methoxy groups -OCH3 is 1. The van der Waals surface area contributed by atoms with Gasteiger partial charge in [-0.05, 0) is 24.3 Å². The van der Waals surface area contributed by atoms with E-state index >= 15 is 0 Å². The van der Waals surface area contributed by atoms with Crippen molar-refractivity contribution < 1.29 is 18.3 Å². The lowest BCUT2D eigenvalue weighted by atomic mass is 10.1. The molecule has 0 radical (unpaired) electrons. The van der Waals surface area contributed by atoms with E-state index in [-0.39, 0.29) is 12.1 Å². The molecule has 0 fully saturated rings. The first-order valence-corrected chi connectivity index (χ1v) is 5.82. The van der Waals surface area contributed by atoms with E-state index in [1.807, 2.05) is 0 Å². The summed E-state index contributed by atoms with van der Waals surface area (Å²) < 4.78 is 31.0. The van der Waals surface area contributed by atoms with Crippen LogP contribution in [0, 0.1) is 11.6 Å². The number of esters is 1. The minimum Gasteiger partial charge on any atom is -0.465 e. The summed E-state index contributed by atoms with van der Waals surface area (Å²) in [6.45, 7) is 0.173. The van der Waals surface area contributed by atoms with E-state index in [4.69, 9.17) is 0 Å². The Balaban J connectivity index is 2.06. The maximum atomic E-state index is 13.8. The molecule has 0 atom stereocenters. The zero-order chi connectivity index (χ0) is 14.5. The van der Waals surface area contributed by atoms with Crippen LogP contribution in [0.25, 0.3) is 0 Å². The maximum Gasteiger partial charge on any atom is 0.337 e. The molecule has 0 unspecified atom stereocenters. The van der Waals surface area contributed by atoms with Crippen LogP contribution < -0.4 is 5.32 Å². The second-order valence-electron chi connectivity index (χ2n) is 4.01. The summed E-state index contributed by atoms with van der Waals surface area (Å²) in [6, 6.07) is 6.78. The van der Waals surface area contributed by atoms with Gasteiger partial charge in [-0.1, -0.05) is 6.07 Å². The van der Waals surface area contributed by atoms with Crippen LogP contribution in [0.15, 0.2) is 36.5 Å². The number of hydrogen-bond acceptors (Lipinski definition) is 4. The number of benzene rings is 1. The molecule has 0 aliphatic rings. The van der Waals surface area contributed by atoms with E-state index in [1.54, 1.807) is 0 Å². The van der Waals surface area contributed by atoms with Gasteiger partial charge in [-0.15, -0.1) is 0 Å². The number of halogens is 2. The molecular formula is C14H12F2N2O2. The predicted molar refractivity (Wildman–Crippen MR) is 69.3 cm³/mol. The molecule has 0 bridgehead atoms. The molecule has 1 aromatic heterocycles. The number of nitrogens with zero attached hydrogens (tertiary/aromatic N) is 1. The third-order valence-corrected chi connectivity index (χ3v) is 2.66. The molecule has 2 aromatic rings. The number of nitrogens with one attached hydrogen (secondary N) is 1. The molecule has 0 saturated carbocycles. The minimum absolute atomic E-state index is 0.147. The second-order valence-corrected chi connectivity index (χ2v) is 4.01. The van der Waals surface area contributed by atoms with Crippen molar-refractivity contribution in [3.63, 3.8) is 0 Å². The normalized spacial score (nSPS) is 10.2. The van der Waals surface area contributed by atoms with Gasteiger partial charge in [0.15, 0.2) is 0 Å². The monoisotopic (exact) mass is 278 g/mol. The van der Waals surface area contributed by atoms with Crippen molar-refractivity contribution in [3.05, 3.63) is 59.3 Å². The zero-order valence-corrected chi connectivity index (χ0v) is 10.7. The van der Waals surface area contributed by atoms with Crippen LogP contribution >= 0.6 is 0 Å². The maximum absolute atomic E-state index is 13.8. The van der Waals surface area contributed by atoms with E-state index in [0.717, 1.165) is 12.3 Å². The first kappa shape index (κ1) is 13.9. The SMILES string of the molecule is COC(=O)c1ccc(CNc2ccc(F)cn2)c(F)c1. The van der Waals surface area contributed by atoms with Crippen LogP contribution in [0.2, 0.25) is 0 Å². The van der Waals surface area contributed by atoms with Crippen molar-refractivity contribution in [1.82, 2.24) is 4.98 Å². The molecule has 20 heavy (non-hydrogen) atoms. The molecule has 2 rings (SSSR count). The summed E-state index contributed by atoms with van der Waals surface area (Å²) in [5.41, 5.74) is 0.512. The second kappa shape index (κ2) is 6.10. The highest BCUT2D eigenvalue weighted by atomic mass is 19.1. The Hall–Kier alpha value is -2.50. The Kier molecular flexibility index (Phi) is 4.24. The predicted octanol–water partition coefficient (Wildman–Crippen LogP) is 2.76. The Morgan fingerprint density at radius 3 is 2.70 bits per heavy atom. The molecular weight excluding hydrogens is 266 g/mol. The fourth-order valence-corrected chi connectivity index (χ4v) is 1.60. The largest absolute Gasteiger partial charge is 0.465 e. The van der Waals surface area contributed by atoms with Crippen LogP contribution in [-0.4, -0.2) is 18.1 Å². The third kappa shape index (κ3) is 3.28. The van der Waals surface area contributed by atoms with Crippen molar-refractivity contribution in [2.45, 2.75) is 6.54 Å². The zero-order valence-electron chi connectivity index (χ0n) is 10.7. The standard InChI is InChI=1S/C14H12F2N2O2/c1-20-14(19)9-2-3-10(12(16)6-9)7-17-13-5-4-11(15)8-18-13/h2-6,8H,7H2,1H3,(H,17,18). The molecule has 1 heterocycles. The lowest BCUT2D eigenvalue weighted by molar-refractivity contribution is 0.0600. The topological polar surface area (TPSA) is 51.2 Å². The van der Waals surface area contributed by atoms with Gasteiger partial charge >= 0.3 is 5.97 Å². The van der Waals surface area contributed by atoms with E-state index in [0.29, 0.717) is 11.4 Å². The van der Waals surface area contributed by atoms with Crippen LogP contribution in [0.1, 0.15) is 15.9 Å². The van der Waals surface area contributed by atoms with Crippen molar-refractivity contribution in [2.75, 3.05) is 12.4 Å². The molecule has 0 spiro atoms. The lowest BCUT2D eigenvalue weighted by Crippen LogP contribution is -2.06. The van der Waals surface area contributed by atoms with Gasteiger partial charge in [0.05, 0.1) is 18.9 Å². The van der Waals surface area contributed by atoms with E-state index < -0.39 is 17.6 Å². The van der Waals surface area contributed by atoms with Gasteiger partial charge in [0.2, 0.25) is 0 Å². The smallest absolute Gasteiger partial charge is 0.337 e. The first-order chi connectivity index (χ1) is 9.60. The van der Waals surface area contributed by atoms with E-state index in [2.05, 4.69) is 15.0 Å². The van der Waals surface area contributed by atoms with Gasteiger partial charge in [-0.25, -0.2) is 18.6 Å². The van der Waals surface area contributed by atoms with Crippen LogP contribution in [-0.2, 0) is 11.3 Å². The summed E-state index contributed by atoms with van der Waals surface area (Å²) in [5.74, 6) is -1.13. The van der Waals surface area contributed by atoms with Crippen molar-refractivity contribution in [2.24, 2.45) is 0 Å². The van der Waals surface area contributed by atoms with Gasteiger partial charge in [0.1, 0.15) is 17.5 Å². The molecule has 1 N–H and O–H groups in total. The van der Waals surface area contributed by atoms with Crippen LogP contribution in [0.4, 0.5) is 14.6 Å². The molecule has 0 amide bonds. The van der Waals surface area contributed by atoms with Crippen molar-refractivity contribution in [1.29, 1.82) is 0 Å². The first-order valence-electron chi connectivity index (χ1n) is 5.82. The average Bonchev–Trinajstić information content (AvgIpc) is 2.46. The fourth-order valence-electron chi connectivity index (χ4n) is 1.60. The quantitative estimate of drug-likeness (QED) is 0.874. The minimum atomic E-state index is -0.594. The van der Waals surface area contributed by atoms with Gasteiger partial charge < -0.3 is 10.1 Å². The van der Waals surface area contributed by atoms with Crippen molar-refractivity contribution >= 4 is 11.8 Å². The summed E-state index contributed by atoms with van der Waals surface area (Å²) in [7, 11) is 1.23. The molecule has 6 heteroatoms. The lowest BCUT2D eigenvalue weighted by Gasteiger charge is -2.07. The number of aromatic nitrogens is 1. The van der Waals surface area contributed by atoms with E-state index in [9.17, 15) is 13.6 Å². The summed E-state index contributed by atoms with van der Waals surface area (Å²) in [4.78, 5) is 15.0. The molecule has 1 aromatic carbocycles. The number of rotatable bonds is 4. The van der Waals surface area contributed by atoms with Gasteiger partial charge in [0.25, 0.3) is 0 Å². The van der Waals surface area contributed by atoms with Gasteiger partial charge in [0, 0.05) is 12.1 Å². The highest BCUT2D eigenvalue weighted by molar-refractivity contribution is 5.89. The highest BCUT2D eigenvalue weighted by Gasteiger charge is 2.09. The Labute approximate surface area is 114 Å². The number of hydrogen-bond donors (Lipinski definition) is 1. The molecule has 0 aliphatic carbocycles. The van der Waals surface area contributed by atoms with Gasteiger partial charge in [-0.3, -0.25) is 0 Å². The Bertz CT molecular complexity index is 615. The summed E-state index contributed by atoms with van der Waals surface area (Å²) >= 11 is 0. The third-order valence-electron chi connectivity index (χ3n) is 2.66. The average molecular weight is 278 g/mol. The van der Waals surface area contributed by atoms with Gasteiger partial charge in [-0.2, -0.15) is 0 Å². The highest BCUT2D eigenvalue weighted by Crippen LogP contribution is 2.13. The summed E-state index contributed by atoms with van der Waals surface area (Å²) in [5, 5.41) is 2.86. The molecule has 0 aliphatic heterocycles. The molecule has 104 valence electrons. The van der Waals surface area contributed by atoms with Crippen molar-refractivity contribution in [3.8, 4) is 0 Å². The fraction of sp³-hybridized carbons (Fsp3) is 0.143. The number of ether oxygens (including phenoxy) is 1. The Morgan fingerprint density at radius 2 is 2.10 bits per heavy atom.